The summed E-state index contributed by atoms with van der Waals surface area (Å²) in [5.41, 5.74) is 0. The molecule has 0 aromatic heterocycles. The highest BCUT2D eigenvalue weighted by atomic mass is 32.1. The number of halogens is 1. The van der Waals surface area contributed by atoms with Crippen LogP contribution in [0.3, 0.4) is 0 Å². The van der Waals surface area contributed by atoms with Crippen LogP contribution in [0.15, 0.2) is 0 Å². The second-order valence-electron chi connectivity index (χ2n) is 3.86. The maximum absolute atomic E-state index is 13.2. The van der Waals surface area contributed by atoms with Crippen molar-refractivity contribution < 1.29 is 4.48 Å². The molecule has 0 radical (unpaired) electrons. The predicted octanol–water partition coefficient (Wildman–Crippen LogP) is 2.73. The molecule has 0 heterocycles. The van der Waals surface area contributed by atoms with Gasteiger partial charge < -0.3 is 5.32 Å². The molecule has 15 heavy (non-hydrogen) atoms. The predicted molar refractivity (Wildman–Crippen MR) is 67.9 cm³/mol. The average Bonchev–Trinajstić information content (AvgIpc) is 2.18. The van der Waals surface area contributed by atoms with Gasteiger partial charge in [-0.15, -0.1) is 9.60 Å². The smallest absolute Gasteiger partial charge is 0.0391 e. The van der Waals surface area contributed by atoms with Gasteiger partial charge in [0.05, 0.1) is 0 Å². The van der Waals surface area contributed by atoms with Crippen molar-refractivity contribution in [3.05, 3.63) is 0 Å². The lowest BCUT2D eigenvalue weighted by atomic mass is 10.1. The van der Waals surface area contributed by atoms with E-state index in [0.717, 1.165) is 35.7 Å². The second kappa shape index (κ2) is 9.19. The maximum atomic E-state index is 13.2. The molecule has 0 aromatic carbocycles. The molecule has 0 saturated heterocycles. The molecule has 1 unspecified atom stereocenters. The molecule has 1 atom stereocenters. The van der Waals surface area contributed by atoms with E-state index in [9.17, 15) is 4.48 Å². The zero-order valence-electron chi connectivity index (χ0n) is 10.1. The Morgan fingerprint density at radius 3 is 2.53 bits per heavy atom. The third-order valence-electron chi connectivity index (χ3n) is 2.50. The Bertz CT molecular complexity index is 176. The van der Waals surface area contributed by atoms with Crippen LogP contribution in [0.25, 0.3) is 0 Å². The highest BCUT2D eigenvalue weighted by molar-refractivity contribution is 7.80. The summed E-state index contributed by atoms with van der Waals surface area (Å²) in [6, 6.07) is 0.157. The lowest BCUT2D eigenvalue weighted by Gasteiger charge is -2.17. The van der Waals surface area contributed by atoms with E-state index in [4.69, 9.17) is 12.2 Å². The second-order valence-corrected chi connectivity index (χ2v) is 4.50. The number of rotatable bonds is 9. The third-order valence-corrected chi connectivity index (χ3v) is 2.79. The van der Waals surface area contributed by atoms with E-state index in [2.05, 4.69) is 12.2 Å². The van der Waals surface area contributed by atoms with Gasteiger partial charge in [-0.25, -0.2) is 0 Å². The van der Waals surface area contributed by atoms with Crippen molar-refractivity contribution in [1.82, 2.24) is 10.4 Å². The molecule has 0 rings (SSSR count). The van der Waals surface area contributed by atoms with Crippen LogP contribution in [0.4, 0.5) is 4.48 Å². The third kappa shape index (κ3) is 7.82. The van der Waals surface area contributed by atoms with Crippen LogP contribution in [-0.4, -0.2) is 36.2 Å². The molecule has 0 aliphatic heterocycles. The van der Waals surface area contributed by atoms with Crippen LogP contribution in [0.2, 0.25) is 0 Å². The normalized spacial score (nSPS) is 13.1. The van der Waals surface area contributed by atoms with Gasteiger partial charge in [0.2, 0.25) is 0 Å². The van der Waals surface area contributed by atoms with Gasteiger partial charge in [0, 0.05) is 24.0 Å². The van der Waals surface area contributed by atoms with Crippen LogP contribution < -0.4 is 5.32 Å². The van der Waals surface area contributed by atoms with Crippen LogP contribution in [0.1, 0.15) is 39.5 Å². The lowest BCUT2D eigenvalue weighted by molar-refractivity contribution is 0.0215. The molecule has 0 aliphatic rings. The van der Waals surface area contributed by atoms with Crippen LogP contribution in [0, 0.1) is 0 Å². The Balaban J connectivity index is 3.59. The summed E-state index contributed by atoms with van der Waals surface area (Å²) in [6.07, 6.45) is 3.91. The number of hydrogen-bond donors (Lipinski definition) is 1. The van der Waals surface area contributed by atoms with E-state index in [1.807, 2.05) is 14.0 Å². The van der Waals surface area contributed by atoms with Gasteiger partial charge in [-0.05, 0) is 26.8 Å². The largest absolute Gasteiger partial charge is 0.313 e. The van der Waals surface area contributed by atoms with Gasteiger partial charge in [-0.2, -0.15) is 0 Å². The number of nitrogens with zero attached hydrogens (tertiary/aromatic N) is 1. The van der Waals surface area contributed by atoms with Crippen molar-refractivity contribution in [2.45, 2.75) is 45.6 Å². The highest BCUT2D eigenvalue weighted by Crippen LogP contribution is 2.03. The van der Waals surface area contributed by atoms with E-state index in [1.165, 1.54) is 0 Å². The number of thiocarbonyl (C=S) groups is 1. The summed E-state index contributed by atoms with van der Waals surface area (Å²) < 4.78 is 13.2. The van der Waals surface area contributed by atoms with Gasteiger partial charge in [0.25, 0.3) is 0 Å². The summed E-state index contributed by atoms with van der Waals surface area (Å²) >= 11 is 5.07. The number of nitrogens with one attached hydrogen (secondary N) is 1. The first-order chi connectivity index (χ1) is 7.11. The minimum absolute atomic E-state index is 0.157. The van der Waals surface area contributed by atoms with Crippen LogP contribution in [0.5, 0.6) is 0 Å². The lowest BCUT2D eigenvalue weighted by Crippen LogP contribution is -2.34. The zero-order valence-corrected chi connectivity index (χ0v) is 10.9. The maximum Gasteiger partial charge on any atom is 0.0391 e. The fraction of sp³-hybridized carbons (Fsp3) is 0.909. The van der Waals surface area contributed by atoms with Crippen molar-refractivity contribution in [3.8, 4) is 0 Å². The van der Waals surface area contributed by atoms with E-state index in [-0.39, 0.29) is 6.04 Å². The number of hydrogen-bond acceptors (Lipinski definition) is 3. The Hall–Kier alpha value is -0.0600. The van der Waals surface area contributed by atoms with Crippen molar-refractivity contribution in [1.29, 1.82) is 0 Å². The van der Waals surface area contributed by atoms with E-state index in [1.54, 1.807) is 0 Å². The Morgan fingerprint density at radius 1 is 1.40 bits per heavy atom. The molecular weight excluding hydrogens is 211 g/mol. The molecule has 0 amide bonds. The summed E-state index contributed by atoms with van der Waals surface area (Å²) in [4.78, 5) is 0.902. The summed E-state index contributed by atoms with van der Waals surface area (Å²) in [5.74, 6) is 0. The molecule has 0 bridgehead atoms. The monoisotopic (exact) mass is 234 g/mol. The summed E-state index contributed by atoms with van der Waals surface area (Å²) in [7, 11) is 1.86. The minimum Gasteiger partial charge on any atom is -0.313 e. The van der Waals surface area contributed by atoms with Crippen molar-refractivity contribution >= 4 is 17.1 Å². The first-order valence-electron chi connectivity index (χ1n) is 5.70. The van der Waals surface area contributed by atoms with E-state index < -0.39 is 0 Å². The van der Waals surface area contributed by atoms with Gasteiger partial charge in [0.1, 0.15) is 0 Å². The SMILES string of the molecule is CCCCCN(F)CCC(NC)C(C)=S. The van der Waals surface area contributed by atoms with Gasteiger partial charge in [0.15, 0.2) is 0 Å². The molecule has 1 N–H and O–H groups in total. The van der Waals surface area contributed by atoms with Crippen LogP contribution >= 0.6 is 12.2 Å². The first-order valence-corrected chi connectivity index (χ1v) is 6.11. The quantitative estimate of drug-likeness (QED) is 0.375. The fourth-order valence-electron chi connectivity index (χ4n) is 1.47. The molecule has 90 valence electrons. The molecule has 0 spiro atoms. The molecule has 0 fully saturated rings. The average molecular weight is 234 g/mol. The first kappa shape index (κ1) is 14.9. The van der Waals surface area contributed by atoms with E-state index >= 15 is 0 Å². The van der Waals surface area contributed by atoms with E-state index in [0.29, 0.717) is 13.1 Å². The molecule has 4 heteroatoms. The topological polar surface area (TPSA) is 15.3 Å². The van der Waals surface area contributed by atoms with Crippen molar-refractivity contribution in [3.63, 3.8) is 0 Å². The summed E-state index contributed by atoms with van der Waals surface area (Å²) in [6.45, 7) is 5.02. The Labute approximate surface area is 98.2 Å². The fourth-order valence-corrected chi connectivity index (χ4v) is 1.70. The Kier molecular flexibility index (Phi) is 9.15. The zero-order chi connectivity index (χ0) is 11.7. The molecular formula is C11H23FN2S. The highest BCUT2D eigenvalue weighted by Gasteiger charge is 2.10. The standard InChI is InChI=1S/C11H23FN2S/c1-4-5-6-8-14(12)9-7-11(13-3)10(2)15/h11,13H,4-9H2,1-3H3. The molecule has 0 aromatic rings. The van der Waals surface area contributed by atoms with Crippen molar-refractivity contribution in [2.75, 3.05) is 20.1 Å². The van der Waals surface area contributed by atoms with Crippen molar-refractivity contribution in [2.24, 2.45) is 0 Å². The molecule has 0 saturated carbocycles. The van der Waals surface area contributed by atoms with Gasteiger partial charge >= 0.3 is 0 Å². The van der Waals surface area contributed by atoms with Gasteiger partial charge in [-0.1, -0.05) is 32.0 Å². The number of unbranched alkanes of at least 4 members (excludes halogenated alkanes) is 2. The van der Waals surface area contributed by atoms with Crippen LogP contribution in [-0.2, 0) is 0 Å². The summed E-state index contributed by atoms with van der Waals surface area (Å²) in [5, 5.41) is 3.99. The minimum atomic E-state index is 0.157. The Morgan fingerprint density at radius 2 is 2.07 bits per heavy atom. The molecule has 2 nitrogen and oxygen atoms in total. The molecule has 0 aliphatic carbocycles. The van der Waals surface area contributed by atoms with Gasteiger partial charge in [-0.3, -0.25) is 0 Å².